The number of hydrogen-bond donors (Lipinski definition) is 4. The number of fused-ring (bicyclic) bond motifs is 4. The summed E-state index contributed by atoms with van der Waals surface area (Å²) in [5, 5.41) is 44.0. The average Bonchev–Trinajstić information content (AvgIpc) is 2.75. The van der Waals surface area contributed by atoms with Crippen LogP contribution < -0.4 is 0 Å². The first-order valence-corrected chi connectivity index (χ1v) is 10.7. The van der Waals surface area contributed by atoms with Crippen molar-refractivity contribution < 1.29 is 49.0 Å². The minimum Gasteiger partial charge on any atom is -0.507 e. The maximum Gasteiger partial charge on any atom is 0.308 e. The Morgan fingerprint density at radius 2 is 1.79 bits per heavy atom. The molecule has 1 saturated heterocycles. The molecule has 0 unspecified atom stereocenters. The molecule has 6 atom stereocenters. The van der Waals surface area contributed by atoms with Gasteiger partial charge in [0.05, 0.1) is 55.2 Å². The van der Waals surface area contributed by atoms with E-state index in [1.807, 2.05) is 0 Å². The summed E-state index contributed by atoms with van der Waals surface area (Å²) in [5.41, 5.74) is -3.00. The number of benzene rings is 1. The highest BCUT2D eigenvalue weighted by Gasteiger charge is 2.62. The van der Waals surface area contributed by atoms with Crippen LogP contribution in [0.25, 0.3) is 0 Å². The molecule has 0 aromatic heterocycles. The number of ether oxygens (including phenoxy) is 3. The Kier molecular flexibility index (Phi) is 4.74. The molecule has 1 aromatic carbocycles. The van der Waals surface area contributed by atoms with Crippen molar-refractivity contribution in [2.45, 2.75) is 69.2 Å². The van der Waals surface area contributed by atoms with E-state index in [9.17, 15) is 34.8 Å². The van der Waals surface area contributed by atoms with Gasteiger partial charge in [0.25, 0.3) is 0 Å². The predicted molar refractivity (Wildman–Crippen MR) is 109 cm³/mol. The van der Waals surface area contributed by atoms with E-state index in [4.69, 9.17) is 9.47 Å². The molecule has 0 saturated carbocycles. The summed E-state index contributed by atoms with van der Waals surface area (Å²) in [6.45, 7) is 3.08. The fourth-order valence-electron chi connectivity index (χ4n) is 5.72. The number of rotatable bonds is 2. The Hall–Kier alpha value is -2.79. The minimum atomic E-state index is -2.12. The topological polar surface area (TPSA) is 160 Å². The number of carbonyl (C=O) groups excluding carboxylic acids is 3. The highest BCUT2D eigenvalue weighted by atomic mass is 16.5. The number of esters is 1. The second-order valence-electron chi connectivity index (χ2n) is 9.01. The summed E-state index contributed by atoms with van der Waals surface area (Å²) in [7, 11) is 1.24. The van der Waals surface area contributed by atoms with Gasteiger partial charge in [-0.3, -0.25) is 14.4 Å². The highest BCUT2D eigenvalue weighted by Crippen LogP contribution is 2.54. The fourth-order valence-corrected chi connectivity index (χ4v) is 5.72. The highest BCUT2D eigenvalue weighted by molar-refractivity contribution is 6.30. The second-order valence-corrected chi connectivity index (χ2v) is 9.01. The van der Waals surface area contributed by atoms with Gasteiger partial charge < -0.3 is 34.6 Å². The van der Waals surface area contributed by atoms with Crippen molar-refractivity contribution in [3.63, 3.8) is 0 Å². The molecule has 0 radical (unpaired) electrons. The summed E-state index contributed by atoms with van der Waals surface area (Å²) >= 11 is 0. The lowest BCUT2D eigenvalue weighted by atomic mass is 9.63. The fraction of sp³-hybridized carbons (Fsp3) is 0.522. The normalized spacial score (nSPS) is 34.6. The first-order valence-electron chi connectivity index (χ1n) is 10.7. The number of methoxy groups -OCH3 is 1. The first kappa shape index (κ1) is 22.0. The zero-order valence-electron chi connectivity index (χ0n) is 18.2. The SMILES string of the molecule is COC(=O)C[C@@H]1Cc2c(O)c3c(c(O)c2[C@H](C)O1)C(=O)C1=C(C3=O)[C@@H]2C[C@H](O)[C@]1(O)[C@@H](C)O2. The summed E-state index contributed by atoms with van der Waals surface area (Å²) in [4.78, 5) is 38.8. The van der Waals surface area contributed by atoms with E-state index >= 15 is 0 Å². The third-order valence-electron chi connectivity index (χ3n) is 7.30. The van der Waals surface area contributed by atoms with Crippen LogP contribution in [0.15, 0.2) is 11.1 Å². The van der Waals surface area contributed by atoms with Gasteiger partial charge in [0, 0.05) is 35.1 Å². The molecule has 176 valence electrons. The molecule has 0 spiro atoms. The number of aliphatic hydroxyl groups excluding tert-OH is 1. The van der Waals surface area contributed by atoms with E-state index in [2.05, 4.69) is 4.74 Å². The van der Waals surface area contributed by atoms with E-state index in [0.717, 1.165) is 0 Å². The lowest BCUT2D eigenvalue weighted by molar-refractivity contribution is -0.207. The number of aliphatic hydroxyl groups is 2. The van der Waals surface area contributed by atoms with E-state index in [1.54, 1.807) is 6.92 Å². The maximum absolute atomic E-state index is 13.6. The van der Waals surface area contributed by atoms with Crippen LogP contribution in [0, 0.1) is 0 Å². The lowest BCUT2D eigenvalue weighted by Gasteiger charge is -2.52. The van der Waals surface area contributed by atoms with Crippen molar-refractivity contribution >= 4 is 17.5 Å². The molecule has 3 aliphatic heterocycles. The van der Waals surface area contributed by atoms with Gasteiger partial charge in [-0.1, -0.05) is 0 Å². The zero-order valence-corrected chi connectivity index (χ0v) is 18.2. The molecule has 1 aromatic rings. The van der Waals surface area contributed by atoms with Crippen LogP contribution in [-0.2, 0) is 25.4 Å². The quantitative estimate of drug-likeness (QED) is 0.364. The van der Waals surface area contributed by atoms with Gasteiger partial charge in [0.1, 0.15) is 17.1 Å². The maximum atomic E-state index is 13.6. The molecule has 33 heavy (non-hydrogen) atoms. The van der Waals surface area contributed by atoms with Crippen molar-refractivity contribution in [3.8, 4) is 11.5 Å². The number of ketones is 2. The number of Topliss-reactive ketones (excluding diaryl/α,β-unsaturated/α-hetero) is 2. The first-order chi connectivity index (χ1) is 15.5. The Balaban J connectivity index is 1.69. The van der Waals surface area contributed by atoms with E-state index in [-0.39, 0.29) is 47.1 Å². The zero-order chi connectivity index (χ0) is 24.0. The molecule has 4 N–H and O–H groups in total. The number of hydrogen-bond acceptors (Lipinski definition) is 10. The lowest BCUT2D eigenvalue weighted by Crippen LogP contribution is -2.66. The van der Waals surface area contributed by atoms with E-state index in [0.29, 0.717) is 0 Å². The van der Waals surface area contributed by atoms with Gasteiger partial charge in [-0.05, 0) is 13.8 Å². The van der Waals surface area contributed by atoms with Gasteiger partial charge in [0.2, 0.25) is 0 Å². The summed E-state index contributed by atoms with van der Waals surface area (Å²) < 4.78 is 16.1. The van der Waals surface area contributed by atoms with Gasteiger partial charge >= 0.3 is 5.97 Å². The van der Waals surface area contributed by atoms with Crippen LogP contribution in [0.4, 0.5) is 0 Å². The standard InChI is InChI=1S/C23H24O10/c1-7-14-10(4-9(32-7)5-13(25)31-3)19(26)16-17(20(14)27)22(29)18-15(21(16)28)11-6-12(24)23(18,30)8(2)33-11/h7-9,11-12,24,26-27,30H,4-6H2,1-3H3/t7-,8+,9-,11-,12-,23+/m0/s1. The van der Waals surface area contributed by atoms with Crippen LogP contribution in [0.5, 0.6) is 11.5 Å². The molecule has 10 heteroatoms. The predicted octanol–water partition coefficient (Wildman–Crippen LogP) is 0.622. The van der Waals surface area contributed by atoms with Crippen LogP contribution in [0.2, 0.25) is 0 Å². The van der Waals surface area contributed by atoms with Crippen molar-refractivity contribution in [2.75, 3.05) is 7.11 Å². The summed E-state index contributed by atoms with van der Waals surface area (Å²) in [5.74, 6) is -3.12. The average molecular weight is 460 g/mol. The summed E-state index contributed by atoms with van der Waals surface area (Å²) in [6.07, 6.45) is -4.88. The Labute approximate surface area is 188 Å². The van der Waals surface area contributed by atoms with Crippen LogP contribution >= 0.6 is 0 Å². The summed E-state index contributed by atoms with van der Waals surface area (Å²) in [6, 6.07) is 0. The van der Waals surface area contributed by atoms with E-state index in [1.165, 1.54) is 14.0 Å². The monoisotopic (exact) mass is 460 g/mol. The van der Waals surface area contributed by atoms with Crippen molar-refractivity contribution in [3.05, 3.63) is 33.4 Å². The molecule has 2 aliphatic carbocycles. The molecular weight excluding hydrogens is 436 g/mol. The molecule has 0 amide bonds. The number of aromatic hydroxyl groups is 2. The molecule has 2 bridgehead atoms. The second kappa shape index (κ2) is 7.10. The Morgan fingerprint density at radius 1 is 1.12 bits per heavy atom. The third-order valence-corrected chi connectivity index (χ3v) is 7.30. The van der Waals surface area contributed by atoms with Crippen LogP contribution in [0.1, 0.15) is 64.6 Å². The molecule has 3 heterocycles. The van der Waals surface area contributed by atoms with Crippen LogP contribution in [-0.4, -0.2) is 75.1 Å². The van der Waals surface area contributed by atoms with Gasteiger partial charge in [-0.25, -0.2) is 0 Å². The van der Waals surface area contributed by atoms with Crippen molar-refractivity contribution in [2.24, 2.45) is 0 Å². The Bertz CT molecular complexity index is 1140. The van der Waals surface area contributed by atoms with E-state index < -0.39 is 70.7 Å². The van der Waals surface area contributed by atoms with Gasteiger partial charge in [-0.15, -0.1) is 0 Å². The molecule has 10 nitrogen and oxygen atoms in total. The van der Waals surface area contributed by atoms with Gasteiger partial charge in [-0.2, -0.15) is 0 Å². The third kappa shape index (κ3) is 2.72. The van der Waals surface area contributed by atoms with Crippen molar-refractivity contribution in [1.82, 2.24) is 0 Å². The molecule has 6 rings (SSSR count). The number of phenolic OH excluding ortho intramolecular Hbond substituents is 2. The largest absolute Gasteiger partial charge is 0.507 e. The molecule has 5 aliphatic rings. The van der Waals surface area contributed by atoms with Crippen LogP contribution in [0.3, 0.4) is 0 Å². The number of carbonyl (C=O) groups is 3. The minimum absolute atomic E-state index is 0.00837. The van der Waals surface area contributed by atoms with Gasteiger partial charge in [0.15, 0.2) is 11.6 Å². The number of phenols is 2. The Morgan fingerprint density at radius 3 is 2.42 bits per heavy atom. The molecule has 1 fully saturated rings. The smallest absolute Gasteiger partial charge is 0.308 e. The molecular formula is C23H24O10. The van der Waals surface area contributed by atoms with Crippen molar-refractivity contribution in [1.29, 1.82) is 0 Å².